The van der Waals surface area contributed by atoms with Crippen molar-refractivity contribution in [2.24, 2.45) is 10.9 Å². The molecule has 0 aliphatic carbocycles. The first-order valence-corrected chi connectivity index (χ1v) is 6.69. The van der Waals surface area contributed by atoms with E-state index in [0.29, 0.717) is 19.7 Å². The fourth-order valence-corrected chi connectivity index (χ4v) is 2.35. The van der Waals surface area contributed by atoms with Crippen molar-refractivity contribution in [3.63, 3.8) is 0 Å². The molecule has 1 aromatic carbocycles. The van der Waals surface area contributed by atoms with Crippen LogP contribution >= 0.6 is 0 Å². The molecule has 2 heterocycles. The average molecular weight is 275 g/mol. The maximum Gasteiger partial charge on any atom is 0.253 e. The van der Waals surface area contributed by atoms with Crippen molar-refractivity contribution in [3.8, 4) is 0 Å². The molecule has 2 N–H and O–H groups in total. The van der Waals surface area contributed by atoms with Crippen LogP contribution < -0.4 is 10.6 Å². The standard InChI is InChI=1S/C14H17N3O3/c15-8-12-7-13(16-20-12)10-1-3-11(4-2-10)17-5-6-19-9-14(17)18/h1-4,12H,5-9,15H2/t12-/m0/s1. The molecule has 1 amide bonds. The predicted molar refractivity (Wildman–Crippen MR) is 74.7 cm³/mol. The summed E-state index contributed by atoms with van der Waals surface area (Å²) >= 11 is 0. The number of rotatable bonds is 3. The van der Waals surface area contributed by atoms with E-state index < -0.39 is 0 Å². The first-order valence-electron chi connectivity index (χ1n) is 6.69. The van der Waals surface area contributed by atoms with Gasteiger partial charge in [-0.25, -0.2) is 0 Å². The number of amides is 1. The molecule has 0 radical (unpaired) electrons. The smallest absolute Gasteiger partial charge is 0.253 e. The van der Waals surface area contributed by atoms with Crippen molar-refractivity contribution < 1.29 is 14.4 Å². The minimum absolute atomic E-state index is 0.00580. The first-order chi connectivity index (χ1) is 9.78. The predicted octanol–water partition coefficient (Wildman–Crippen LogP) is 0.501. The van der Waals surface area contributed by atoms with Crippen LogP contribution in [-0.2, 0) is 14.4 Å². The van der Waals surface area contributed by atoms with Gasteiger partial charge < -0.3 is 20.2 Å². The van der Waals surface area contributed by atoms with E-state index in [1.807, 2.05) is 24.3 Å². The van der Waals surface area contributed by atoms with Crippen molar-refractivity contribution in [1.82, 2.24) is 0 Å². The number of hydrogen-bond acceptors (Lipinski definition) is 5. The highest BCUT2D eigenvalue weighted by molar-refractivity contribution is 6.02. The largest absolute Gasteiger partial charge is 0.390 e. The zero-order chi connectivity index (χ0) is 13.9. The third kappa shape index (κ3) is 2.52. The van der Waals surface area contributed by atoms with Crippen LogP contribution in [0.3, 0.4) is 0 Å². The lowest BCUT2D eigenvalue weighted by molar-refractivity contribution is -0.125. The van der Waals surface area contributed by atoms with Gasteiger partial charge in [-0.05, 0) is 17.7 Å². The van der Waals surface area contributed by atoms with Crippen molar-refractivity contribution in [1.29, 1.82) is 0 Å². The van der Waals surface area contributed by atoms with Gasteiger partial charge in [-0.15, -0.1) is 0 Å². The number of nitrogens with two attached hydrogens (primary N) is 1. The van der Waals surface area contributed by atoms with E-state index in [-0.39, 0.29) is 18.6 Å². The van der Waals surface area contributed by atoms with Gasteiger partial charge in [0.15, 0.2) is 0 Å². The normalized spacial score (nSPS) is 22.6. The molecule has 3 rings (SSSR count). The zero-order valence-corrected chi connectivity index (χ0v) is 11.1. The van der Waals surface area contributed by atoms with Crippen LogP contribution in [0, 0.1) is 0 Å². The Kier molecular flexibility index (Phi) is 3.66. The summed E-state index contributed by atoms with van der Waals surface area (Å²) in [5, 5.41) is 4.05. The van der Waals surface area contributed by atoms with Gasteiger partial charge in [0.1, 0.15) is 12.7 Å². The molecule has 6 nitrogen and oxygen atoms in total. The van der Waals surface area contributed by atoms with Gasteiger partial charge in [-0.1, -0.05) is 17.3 Å². The second-order valence-electron chi connectivity index (χ2n) is 4.85. The van der Waals surface area contributed by atoms with E-state index in [1.54, 1.807) is 4.90 Å². The molecule has 1 atom stereocenters. The Hall–Kier alpha value is -1.92. The summed E-state index contributed by atoms with van der Waals surface area (Å²) in [5.74, 6) is -0.00580. The minimum Gasteiger partial charge on any atom is -0.390 e. The third-order valence-electron chi connectivity index (χ3n) is 3.49. The van der Waals surface area contributed by atoms with Crippen LogP contribution in [-0.4, -0.2) is 44.0 Å². The number of ether oxygens (including phenoxy) is 1. The van der Waals surface area contributed by atoms with E-state index in [0.717, 1.165) is 23.4 Å². The van der Waals surface area contributed by atoms with Crippen molar-refractivity contribution in [3.05, 3.63) is 29.8 Å². The number of hydrogen-bond donors (Lipinski definition) is 1. The molecule has 106 valence electrons. The van der Waals surface area contributed by atoms with Gasteiger partial charge in [0.25, 0.3) is 5.91 Å². The van der Waals surface area contributed by atoms with Gasteiger partial charge in [-0.2, -0.15) is 0 Å². The van der Waals surface area contributed by atoms with Crippen LogP contribution in [0.2, 0.25) is 0 Å². The van der Waals surface area contributed by atoms with Crippen LogP contribution in [0.5, 0.6) is 0 Å². The second-order valence-corrected chi connectivity index (χ2v) is 4.85. The maximum atomic E-state index is 11.8. The van der Waals surface area contributed by atoms with Crippen molar-refractivity contribution >= 4 is 17.3 Å². The lowest BCUT2D eigenvalue weighted by Crippen LogP contribution is -2.41. The van der Waals surface area contributed by atoms with Gasteiger partial charge in [0.2, 0.25) is 0 Å². The summed E-state index contributed by atoms with van der Waals surface area (Å²) in [4.78, 5) is 18.7. The van der Waals surface area contributed by atoms with Gasteiger partial charge in [0, 0.05) is 25.2 Å². The fourth-order valence-electron chi connectivity index (χ4n) is 2.35. The lowest BCUT2D eigenvalue weighted by atomic mass is 10.0. The van der Waals surface area contributed by atoms with Gasteiger partial charge in [0.05, 0.1) is 12.3 Å². The second kappa shape index (κ2) is 5.60. The number of nitrogens with zero attached hydrogens (tertiary/aromatic N) is 2. The Morgan fingerprint density at radius 2 is 2.15 bits per heavy atom. The summed E-state index contributed by atoms with van der Waals surface area (Å²) in [6, 6.07) is 7.77. The Morgan fingerprint density at radius 3 is 2.80 bits per heavy atom. The Balaban J connectivity index is 1.73. The highest BCUT2D eigenvalue weighted by Crippen LogP contribution is 2.21. The number of morpholine rings is 1. The van der Waals surface area contributed by atoms with Crippen molar-refractivity contribution in [2.45, 2.75) is 12.5 Å². The number of benzene rings is 1. The van der Waals surface area contributed by atoms with E-state index in [1.165, 1.54) is 0 Å². The van der Waals surface area contributed by atoms with Gasteiger partial charge >= 0.3 is 0 Å². The quantitative estimate of drug-likeness (QED) is 0.871. The molecule has 6 heteroatoms. The van der Waals surface area contributed by atoms with E-state index in [4.69, 9.17) is 15.3 Å². The fraction of sp³-hybridized carbons (Fsp3) is 0.429. The third-order valence-corrected chi connectivity index (χ3v) is 3.49. The Morgan fingerprint density at radius 1 is 1.35 bits per heavy atom. The molecule has 2 aliphatic rings. The zero-order valence-electron chi connectivity index (χ0n) is 11.1. The van der Waals surface area contributed by atoms with Crippen LogP contribution in [0.25, 0.3) is 0 Å². The highest BCUT2D eigenvalue weighted by atomic mass is 16.6. The Bertz CT molecular complexity index is 527. The minimum atomic E-state index is -0.0227. The molecule has 1 saturated heterocycles. The average Bonchev–Trinajstić information content (AvgIpc) is 2.97. The molecule has 0 aromatic heterocycles. The lowest BCUT2D eigenvalue weighted by Gasteiger charge is -2.26. The summed E-state index contributed by atoms with van der Waals surface area (Å²) in [5.41, 5.74) is 8.35. The van der Waals surface area contributed by atoms with E-state index in [2.05, 4.69) is 5.16 Å². The highest BCUT2D eigenvalue weighted by Gasteiger charge is 2.22. The first kappa shape index (κ1) is 13.1. The summed E-state index contributed by atoms with van der Waals surface area (Å²) in [6.45, 7) is 1.79. The summed E-state index contributed by atoms with van der Waals surface area (Å²) < 4.78 is 5.12. The van der Waals surface area contributed by atoms with Crippen LogP contribution in [0.15, 0.2) is 29.4 Å². The molecule has 0 saturated carbocycles. The monoisotopic (exact) mass is 275 g/mol. The topological polar surface area (TPSA) is 77.1 Å². The van der Waals surface area contributed by atoms with E-state index >= 15 is 0 Å². The number of oxime groups is 1. The number of carbonyl (C=O) groups excluding carboxylic acids is 1. The molecular formula is C14H17N3O3. The van der Waals surface area contributed by atoms with Crippen LogP contribution in [0.4, 0.5) is 5.69 Å². The summed E-state index contributed by atoms with van der Waals surface area (Å²) in [6.07, 6.45) is 0.706. The maximum absolute atomic E-state index is 11.8. The molecule has 0 unspecified atom stereocenters. The molecule has 0 bridgehead atoms. The number of carbonyl (C=O) groups is 1. The summed E-state index contributed by atoms with van der Waals surface area (Å²) in [7, 11) is 0. The molecular weight excluding hydrogens is 258 g/mol. The van der Waals surface area contributed by atoms with Crippen molar-refractivity contribution in [2.75, 3.05) is 31.2 Å². The Labute approximate surface area is 117 Å². The van der Waals surface area contributed by atoms with Crippen LogP contribution in [0.1, 0.15) is 12.0 Å². The SMILES string of the molecule is NC[C@@H]1CC(c2ccc(N3CCOCC3=O)cc2)=NO1. The number of anilines is 1. The van der Waals surface area contributed by atoms with Gasteiger partial charge in [-0.3, -0.25) is 4.79 Å². The van der Waals surface area contributed by atoms with E-state index in [9.17, 15) is 4.79 Å². The molecule has 1 aromatic rings. The molecule has 0 spiro atoms. The molecule has 1 fully saturated rings. The molecule has 20 heavy (non-hydrogen) atoms. The molecule has 2 aliphatic heterocycles.